The van der Waals surface area contributed by atoms with Gasteiger partial charge in [0.15, 0.2) is 11.5 Å². The average Bonchev–Trinajstić information content (AvgIpc) is 3.09. The molecular weight excluding hydrogens is 363 g/mol. The molecule has 0 bridgehead atoms. The predicted octanol–water partition coefficient (Wildman–Crippen LogP) is 2.79. The summed E-state index contributed by atoms with van der Waals surface area (Å²) in [5.41, 5.74) is -1.13. The molecule has 140 valence electrons. The van der Waals surface area contributed by atoms with Crippen LogP contribution in [0.2, 0.25) is 0 Å². The molecule has 0 atom stereocenters. The van der Waals surface area contributed by atoms with Crippen LogP contribution in [-0.4, -0.2) is 25.9 Å². The van der Waals surface area contributed by atoms with Crippen LogP contribution in [0.5, 0.6) is 0 Å². The number of benzene rings is 1. The molecule has 0 fully saturated rings. The first-order valence-corrected chi connectivity index (χ1v) is 7.91. The molecule has 1 amide bonds. The highest BCUT2D eigenvalue weighted by molar-refractivity contribution is 6.05. The van der Waals surface area contributed by atoms with Crippen LogP contribution in [0.3, 0.4) is 0 Å². The predicted molar refractivity (Wildman–Crippen MR) is 90.8 cm³/mol. The maximum absolute atomic E-state index is 13.6. The highest BCUT2D eigenvalue weighted by atomic mass is 19.4. The van der Waals surface area contributed by atoms with Crippen molar-refractivity contribution in [2.24, 2.45) is 0 Å². The highest BCUT2D eigenvalue weighted by Crippen LogP contribution is 2.33. The van der Waals surface area contributed by atoms with Crippen molar-refractivity contribution in [1.82, 2.24) is 20.0 Å². The molecule has 0 saturated heterocycles. The second-order valence-electron chi connectivity index (χ2n) is 5.60. The van der Waals surface area contributed by atoms with Crippen molar-refractivity contribution in [3.63, 3.8) is 0 Å². The van der Waals surface area contributed by atoms with Crippen LogP contribution >= 0.6 is 0 Å². The van der Waals surface area contributed by atoms with E-state index in [1.54, 1.807) is 24.3 Å². The number of nitrogens with zero attached hydrogens (tertiary/aromatic N) is 3. The topological polar surface area (TPSA) is 92.7 Å². The third-order valence-corrected chi connectivity index (χ3v) is 3.78. The molecule has 2 N–H and O–H groups in total. The lowest BCUT2D eigenvalue weighted by Crippen LogP contribution is -2.21. The number of amides is 1. The van der Waals surface area contributed by atoms with Gasteiger partial charge in [-0.25, -0.2) is 9.78 Å². The number of carbonyl (C=O) groups is 1. The number of rotatable bonds is 4. The first kappa shape index (κ1) is 18.4. The summed E-state index contributed by atoms with van der Waals surface area (Å²) in [6.45, 7) is 1.96. The van der Waals surface area contributed by atoms with E-state index in [2.05, 4.69) is 15.5 Å². The van der Waals surface area contributed by atoms with Crippen LogP contribution in [-0.2, 0) is 12.6 Å². The van der Waals surface area contributed by atoms with Gasteiger partial charge in [-0.1, -0.05) is 19.1 Å². The second kappa shape index (κ2) is 7.06. The van der Waals surface area contributed by atoms with E-state index in [-0.39, 0.29) is 5.82 Å². The van der Waals surface area contributed by atoms with E-state index in [9.17, 15) is 22.8 Å². The van der Waals surface area contributed by atoms with Crippen molar-refractivity contribution in [2.45, 2.75) is 19.5 Å². The molecule has 0 saturated carbocycles. The molecule has 2 heterocycles. The number of hydrogen-bond donors (Lipinski definition) is 2. The van der Waals surface area contributed by atoms with Crippen molar-refractivity contribution < 1.29 is 18.0 Å². The molecule has 7 nitrogen and oxygen atoms in total. The van der Waals surface area contributed by atoms with Gasteiger partial charge in [0, 0.05) is 11.8 Å². The Hall–Kier alpha value is -3.43. The number of H-pyrrole nitrogens is 1. The van der Waals surface area contributed by atoms with Crippen LogP contribution in [0.4, 0.5) is 18.9 Å². The molecule has 0 aliphatic carbocycles. The lowest BCUT2D eigenvalue weighted by atomic mass is 10.1. The zero-order valence-electron chi connectivity index (χ0n) is 14.0. The summed E-state index contributed by atoms with van der Waals surface area (Å²) in [5.74, 6) is -1.23. The summed E-state index contributed by atoms with van der Waals surface area (Å²) in [4.78, 5) is 23.5. The summed E-state index contributed by atoms with van der Waals surface area (Å²) < 4.78 is 41.2. The maximum atomic E-state index is 13.6. The zero-order chi connectivity index (χ0) is 19.6. The smallest absolute Gasteiger partial charge is 0.322 e. The van der Waals surface area contributed by atoms with E-state index in [1.807, 2.05) is 12.0 Å². The van der Waals surface area contributed by atoms with Crippen LogP contribution in [0.15, 0.2) is 47.4 Å². The molecule has 0 radical (unpaired) electrons. The molecule has 2 aromatic heterocycles. The lowest BCUT2D eigenvalue weighted by Gasteiger charge is -2.12. The van der Waals surface area contributed by atoms with Crippen LogP contribution in [0.25, 0.3) is 5.82 Å². The van der Waals surface area contributed by atoms with Crippen LogP contribution < -0.4 is 10.9 Å². The van der Waals surface area contributed by atoms with E-state index in [0.717, 1.165) is 30.3 Å². The molecule has 1 aromatic carbocycles. The Labute approximate surface area is 150 Å². The summed E-state index contributed by atoms with van der Waals surface area (Å²) in [5, 5.41) is 11.6. The Balaban J connectivity index is 1.98. The molecule has 0 aliphatic rings. The Bertz CT molecular complexity index is 1000. The third kappa shape index (κ3) is 3.89. The monoisotopic (exact) mass is 377 g/mol. The number of aryl methyl sites for hydroxylation is 1. The van der Waals surface area contributed by atoms with Gasteiger partial charge in [-0.15, -0.1) is 0 Å². The fourth-order valence-electron chi connectivity index (χ4n) is 2.44. The number of carbonyl (C=O) groups excluding carboxylic acids is 1. The normalized spacial score (nSPS) is 11.4. The lowest BCUT2D eigenvalue weighted by molar-refractivity contribution is -0.143. The minimum absolute atomic E-state index is 0.270. The number of hydrogen-bond acceptors (Lipinski definition) is 4. The minimum atomic E-state index is -4.87. The van der Waals surface area contributed by atoms with Gasteiger partial charge in [-0.05, 0) is 30.2 Å². The quantitative estimate of drug-likeness (QED) is 0.731. The van der Waals surface area contributed by atoms with Gasteiger partial charge in [0.05, 0.1) is 11.8 Å². The molecule has 0 spiro atoms. The number of aromatic nitrogens is 4. The van der Waals surface area contributed by atoms with E-state index in [1.165, 1.54) is 0 Å². The first-order valence-electron chi connectivity index (χ1n) is 7.91. The van der Waals surface area contributed by atoms with Crippen molar-refractivity contribution in [3.05, 3.63) is 69.8 Å². The van der Waals surface area contributed by atoms with Gasteiger partial charge < -0.3 is 5.32 Å². The number of aromatic amines is 1. The van der Waals surface area contributed by atoms with Gasteiger partial charge >= 0.3 is 6.18 Å². The van der Waals surface area contributed by atoms with Gasteiger partial charge in [0.1, 0.15) is 0 Å². The van der Waals surface area contributed by atoms with E-state index < -0.39 is 28.9 Å². The third-order valence-electron chi connectivity index (χ3n) is 3.78. The fourth-order valence-corrected chi connectivity index (χ4v) is 2.44. The summed E-state index contributed by atoms with van der Waals surface area (Å²) in [7, 11) is 0. The zero-order valence-corrected chi connectivity index (χ0v) is 14.0. The van der Waals surface area contributed by atoms with Crippen molar-refractivity contribution in [3.8, 4) is 5.82 Å². The SMILES string of the molecule is CCc1ccc(NC(=O)c2cnn(-c3ccc(=O)[nH]n3)c2C(F)(F)F)cc1. The Morgan fingerprint density at radius 1 is 1.19 bits per heavy atom. The Morgan fingerprint density at radius 3 is 2.44 bits per heavy atom. The van der Waals surface area contributed by atoms with Crippen molar-refractivity contribution in [1.29, 1.82) is 0 Å². The molecule has 27 heavy (non-hydrogen) atoms. The highest BCUT2D eigenvalue weighted by Gasteiger charge is 2.41. The fraction of sp³-hybridized carbons (Fsp3) is 0.176. The molecule has 3 rings (SSSR count). The largest absolute Gasteiger partial charge is 0.434 e. The molecule has 10 heteroatoms. The maximum Gasteiger partial charge on any atom is 0.434 e. The summed E-state index contributed by atoms with van der Waals surface area (Å²) in [6, 6.07) is 8.85. The van der Waals surface area contributed by atoms with Gasteiger partial charge in [-0.2, -0.15) is 23.4 Å². The van der Waals surface area contributed by atoms with E-state index >= 15 is 0 Å². The number of halogens is 3. The van der Waals surface area contributed by atoms with Gasteiger partial charge in [0.25, 0.3) is 11.5 Å². The summed E-state index contributed by atoms with van der Waals surface area (Å²) in [6.07, 6.45) is -3.26. The minimum Gasteiger partial charge on any atom is -0.322 e. The standard InChI is InChI=1S/C17H14F3N5O2/c1-2-10-3-5-11(6-4-10)22-16(27)12-9-21-25(15(12)17(18,19)20)13-7-8-14(26)24-23-13/h3-9H,2H2,1H3,(H,22,27)(H,24,26). The Kier molecular flexibility index (Phi) is 4.80. The second-order valence-corrected chi connectivity index (χ2v) is 5.60. The molecule has 3 aromatic rings. The van der Waals surface area contributed by atoms with Crippen LogP contribution in [0, 0.1) is 0 Å². The van der Waals surface area contributed by atoms with Crippen molar-refractivity contribution in [2.75, 3.05) is 5.32 Å². The van der Waals surface area contributed by atoms with E-state index in [0.29, 0.717) is 10.4 Å². The molecule has 0 unspecified atom stereocenters. The summed E-state index contributed by atoms with van der Waals surface area (Å²) >= 11 is 0. The van der Waals surface area contributed by atoms with Crippen molar-refractivity contribution >= 4 is 11.6 Å². The number of anilines is 1. The molecular formula is C17H14F3N5O2. The Morgan fingerprint density at radius 2 is 1.89 bits per heavy atom. The van der Waals surface area contributed by atoms with Gasteiger partial charge in [-0.3, -0.25) is 9.59 Å². The van der Waals surface area contributed by atoms with Crippen LogP contribution in [0.1, 0.15) is 28.5 Å². The number of nitrogens with one attached hydrogen (secondary N) is 2. The number of alkyl halides is 3. The van der Waals surface area contributed by atoms with E-state index in [4.69, 9.17) is 0 Å². The average molecular weight is 377 g/mol. The first-order chi connectivity index (χ1) is 12.8. The molecule has 0 aliphatic heterocycles. The van der Waals surface area contributed by atoms with Gasteiger partial charge in [0.2, 0.25) is 0 Å².